The highest BCUT2D eigenvalue weighted by atomic mass is 127. The summed E-state index contributed by atoms with van der Waals surface area (Å²) in [5.41, 5.74) is 4.40. The van der Waals surface area contributed by atoms with E-state index in [1.807, 2.05) is 0 Å². The van der Waals surface area contributed by atoms with E-state index in [4.69, 9.17) is 0 Å². The highest BCUT2D eigenvalue weighted by Crippen LogP contribution is 2.34. The first kappa shape index (κ1) is 14.5. The molecule has 2 heteroatoms. The lowest BCUT2D eigenvalue weighted by molar-refractivity contribution is 0.225. The number of fused-ring (bicyclic) bond motifs is 1. The zero-order valence-electron chi connectivity index (χ0n) is 11.3. The maximum Gasteiger partial charge on any atom is 0.0604 e. The third-order valence-electron chi connectivity index (χ3n) is 3.90. The zero-order valence-corrected chi connectivity index (χ0v) is 13.6. The molecule has 2 aromatic rings. The normalized spacial score (nSPS) is 18.5. The van der Waals surface area contributed by atoms with Crippen LogP contribution in [0.5, 0.6) is 0 Å². The molecule has 0 aliphatic carbocycles. The van der Waals surface area contributed by atoms with Crippen LogP contribution in [-0.4, -0.2) is 18.0 Å². The number of hydrogen-bond acceptors (Lipinski definition) is 1. The molecule has 0 saturated carbocycles. The van der Waals surface area contributed by atoms with Gasteiger partial charge in [-0.05, 0) is 29.7 Å². The van der Waals surface area contributed by atoms with E-state index in [0.29, 0.717) is 6.04 Å². The molecule has 0 saturated heterocycles. The number of hydrogen-bond donors (Lipinski definition) is 0. The molecule has 1 heterocycles. The van der Waals surface area contributed by atoms with Crippen molar-refractivity contribution in [3.63, 3.8) is 0 Å². The number of halogens is 1. The van der Waals surface area contributed by atoms with E-state index in [2.05, 4.69) is 66.4 Å². The van der Waals surface area contributed by atoms with Crippen LogP contribution in [0.15, 0.2) is 54.6 Å². The molecular formula is C17H20IN. The molecule has 1 aliphatic heterocycles. The molecule has 0 radical (unpaired) electrons. The average Bonchev–Trinajstić information content (AvgIpc) is 2.47. The highest BCUT2D eigenvalue weighted by Gasteiger charge is 2.26. The predicted molar refractivity (Wildman–Crippen MR) is 91.1 cm³/mol. The fourth-order valence-corrected chi connectivity index (χ4v) is 2.98. The number of rotatable bonds is 2. The molecule has 1 unspecified atom stereocenters. The summed E-state index contributed by atoms with van der Waals surface area (Å²) in [6, 6.07) is 20.2. The first-order chi connectivity index (χ1) is 8.90. The SMILES string of the molecule is CCN1CCc2ccccc2C1c1ccccc1.I. The molecule has 100 valence electrons. The first-order valence-corrected chi connectivity index (χ1v) is 6.77. The smallest absolute Gasteiger partial charge is 0.0604 e. The monoisotopic (exact) mass is 365 g/mol. The maximum atomic E-state index is 2.57. The van der Waals surface area contributed by atoms with Crippen LogP contribution in [0.2, 0.25) is 0 Å². The second kappa shape index (κ2) is 6.53. The average molecular weight is 365 g/mol. The fourth-order valence-electron chi connectivity index (χ4n) is 2.98. The Kier molecular flexibility index (Phi) is 4.99. The van der Waals surface area contributed by atoms with E-state index in [0.717, 1.165) is 13.1 Å². The van der Waals surface area contributed by atoms with Crippen LogP contribution >= 0.6 is 24.0 Å². The second-order valence-corrected chi connectivity index (χ2v) is 4.89. The largest absolute Gasteiger partial charge is 0.292 e. The van der Waals surface area contributed by atoms with Gasteiger partial charge in [-0.3, -0.25) is 4.90 Å². The minimum atomic E-state index is 0. The van der Waals surface area contributed by atoms with Crippen LogP contribution in [0.4, 0.5) is 0 Å². The van der Waals surface area contributed by atoms with E-state index < -0.39 is 0 Å². The Morgan fingerprint density at radius 3 is 2.42 bits per heavy atom. The molecule has 1 aliphatic rings. The van der Waals surface area contributed by atoms with Crippen molar-refractivity contribution in [2.24, 2.45) is 0 Å². The van der Waals surface area contributed by atoms with Gasteiger partial charge in [0.1, 0.15) is 0 Å². The minimum absolute atomic E-state index is 0. The van der Waals surface area contributed by atoms with Crippen molar-refractivity contribution in [3.8, 4) is 0 Å². The second-order valence-electron chi connectivity index (χ2n) is 4.89. The van der Waals surface area contributed by atoms with Gasteiger partial charge in [-0.15, -0.1) is 24.0 Å². The lowest BCUT2D eigenvalue weighted by Gasteiger charge is -2.37. The van der Waals surface area contributed by atoms with Crippen molar-refractivity contribution in [1.29, 1.82) is 0 Å². The van der Waals surface area contributed by atoms with E-state index in [1.165, 1.54) is 23.1 Å². The van der Waals surface area contributed by atoms with Gasteiger partial charge in [-0.25, -0.2) is 0 Å². The highest BCUT2D eigenvalue weighted by molar-refractivity contribution is 14.0. The molecule has 3 rings (SSSR count). The summed E-state index contributed by atoms with van der Waals surface area (Å²) < 4.78 is 0. The fraction of sp³-hybridized carbons (Fsp3) is 0.294. The molecule has 0 amide bonds. The van der Waals surface area contributed by atoms with E-state index in [9.17, 15) is 0 Å². The van der Waals surface area contributed by atoms with Crippen molar-refractivity contribution >= 4 is 24.0 Å². The van der Waals surface area contributed by atoms with E-state index >= 15 is 0 Å². The van der Waals surface area contributed by atoms with Crippen LogP contribution in [0.25, 0.3) is 0 Å². The summed E-state index contributed by atoms with van der Waals surface area (Å²) in [6.45, 7) is 4.52. The molecule has 0 fully saturated rings. The van der Waals surface area contributed by atoms with Crippen molar-refractivity contribution < 1.29 is 0 Å². The van der Waals surface area contributed by atoms with Gasteiger partial charge in [-0.1, -0.05) is 61.5 Å². The van der Waals surface area contributed by atoms with E-state index in [-0.39, 0.29) is 24.0 Å². The Hall–Kier alpha value is -0.870. The summed E-state index contributed by atoms with van der Waals surface area (Å²) >= 11 is 0. The van der Waals surface area contributed by atoms with Crippen molar-refractivity contribution in [2.75, 3.05) is 13.1 Å². The van der Waals surface area contributed by atoms with Gasteiger partial charge in [0.15, 0.2) is 0 Å². The predicted octanol–water partition coefficient (Wildman–Crippen LogP) is 4.27. The quantitative estimate of drug-likeness (QED) is 0.719. The van der Waals surface area contributed by atoms with Gasteiger partial charge in [0, 0.05) is 6.54 Å². The van der Waals surface area contributed by atoms with Gasteiger partial charge >= 0.3 is 0 Å². The molecule has 1 atom stereocenters. The molecule has 1 nitrogen and oxygen atoms in total. The molecule has 0 N–H and O–H groups in total. The lowest BCUT2D eigenvalue weighted by atomic mass is 9.88. The van der Waals surface area contributed by atoms with Gasteiger partial charge < -0.3 is 0 Å². The summed E-state index contributed by atoms with van der Waals surface area (Å²) in [5, 5.41) is 0. The first-order valence-electron chi connectivity index (χ1n) is 6.77. The number of likely N-dealkylation sites (N-methyl/N-ethyl adjacent to an activating group) is 1. The zero-order chi connectivity index (χ0) is 12.4. The van der Waals surface area contributed by atoms with Gasteiger partial charge in [0.25, 0.3) is 0 Å². The van der Waals surface area contributed by atoms with E-state index in [1.54, 1.807) is 0 Å². The summed E-state index contributed by atoms with van der Waals surface area (Å²) in [4.78, 5) is 2.57. The summed E-state index contributed by atoms with van der Waals surface area (Å²) in [7, 11) is 0. The van der Waals surface area contributed by atoms with Crippen molar-refractivity contribution in [2.45, 2.75) is 19.4 Å². The molecule has 0 spiro atoms. The topological polar surface area (TPSA) is 3.24 Å². The lowest BCUT2D eigenvalue weighted by Crippen LogP contribution is -2.35. The Morgan fingerprint density at radius 1 is 1.00 bits per heavy atom. The third kappa shape index (κ3) is 2.84. The molecule has 19 heavy (non-hydrogen) atoms. The van der Waals surface area contributed by atoms with Crippen LogP contribution in [-0.2, 0) is 6.42 Å². The maximum absolute atomic E-state index is 2.57. The van der Waals surface area contributed by atoms with Gasteiger partial charge in [0.2, 0.25) is 0 Å². The summed E-state index contributed by atoms with van der Waals surface area (Å²) in [5.74, 6) is 0. The van der Waals surface area contributed by atoms with Crippen LogP contribution < -0.4 is 0 Å². The Balaban J connectivity index is 0.00000133. The van der Waals surface area contributed by atoms with Crippen molar-refractivity contribution in [1.82, 2.24) is 4.90 Å². The van der Waals surface area contributed by atoms with Crippen molar-refractivity contribution in [3.05, 3.63) is 71.3 Å². The van der Waals surface area contributed by atoms with Crippen LogP contribution in [0.3, 0.4) is 0 Å². The van der Waals surface area contributed by atoms with Crippen LogP contribution in [0.1, 0.15) is 29.7 Å². The molecule has 2 aromatic carbocycles. The molecule has 0 aromatic heterocycles. The Bertz CT molecular complexity index is 524. The Morgan fingerprint density at radius 2 is 1.68 bits per heavy atom. The van der Waals surface area contributed by atoms with Gasteiger partial charge in [-0.2, -0.15) is 0 Å². The summed E-state index contributed by atoms with van der Waals surface area (Å²) in [6.07, 6.45) is 1.17. The number of benzene rings is 2. The van der Waals surface area contributed by atoms with Crippen LogP contribution in [0, 0.1) is 0 Å². The Labute approximate surface area is 132 Å². The third-order valence-corrected chi connectivity index (χ3v) is 3.90. The molecular weight excluding hydrogens is 345 g/mol. The molecule has 0 bridgehead atoms. The number of nitrogens with zero attached hydrogens (tertiary/aromatic N) is 1. The minimum Gasteiger partial charge on any atom is -0.292 e. The van der Waals surface area contributed by atoms with Gasteiger partial charge in [0.05, 0.1) is 6.04 Å². The standard InChI is InChI=1S/C17H19N.HI/c1-2-18-13-12-14-8-6-7-11-16(14)17(18)15-9-4-3-5-10-15;/h3-11,17H,2,12-13H2,1H3;1H.